The van der Waals surface area contributed by atoms with E-state index in [4.69, 9.17) is 4.74 Å². The van der Waals surface area contributed by atoms with E-state index in [0.717, 1.165) is 12.8 Å². The Balaban J connectivity index is 2.13. The van der Waals surface area contributed by atoms with Crippen molar-refractivity contribution in [3.63, 3.8) is 0 Å². The molecule has 0 aromatic heterocycles. The van der Waals surface area contributed by atoms with Gasteiger partial charge in [-0.15, -0.1) is 0 Å². The van der Waals surface area contributed by atoms with Gasteiger partial charge in [0.05, 0.1) is 5.41 Å². The van der Waals surface area contributed by atoms with Crippen LogP contribution in [0.3, 0.4) is 0 Å². The third-order valence-corrected chi connectivity index (χ3v) is 3.58. The van der Waals surface area contributed by atoms with Gasteiger partial charge < -0.3 is 9.84 Å². The predicted octanol–water partition coefficient (Wildman–Crippen LogP) is 3.36. The number of carbonyl (C=O) groups excluding carboxylic acids is 2. The van der Waals surface area contributed by atoms with Gasteiger partial charge in [0.25, 0.3) is 0 Å². The summed E-state index contributed by atoms with van der Waals surface area (Å²) < 4.78 is 5.14. The van der Waals surface area contributed by atoms with Gasteiger partial charge in [0.1, 0.15) is 17.1 Å². The van der Waals surface area contributed by atoms with Crippen molar-refractivity contribution in [2.75, 3.05) is 5.32 Å². The van der Waals surface area contributed by atoms with E-state index in [1.165, 1.54) is 6.07 Å². The van der Waals surface area contributed by atoms with Crippen molar-refractivity contribution in [3.8, 4) is 5.75 Å². The molecule has 0 heterocycles. The van der Waals surface area contributed by atoms with Gasteiger partial charge in [-0.25, -0.2) is 4.79 Å². The van der Waals surface area contributed by atoms with Gasteiger partial charge >= 0.3 is 6.09 Å². The summed E-state index contributed by atoms with van der Waals surface area (Å²) in [5.41, 5.74) is -0.0533. The number of ketones is 1. The molecule has 21 heavy (non-hydrogen) atoms. The molecule has 2 rings (SSSR count). The Morgan fingerprint density at radius 3 is 2.33 bits per heavy atom. The van der Waals surface area contributed by atoms with Gasteiger partial charge in [-0.05, 0) is 46.6 Å². The third-order valence-electron chi connectivity index (χ3n) is 3.58. The summed E-state index contributed by atoms with van der Waals surface area (Å²) >= 11 is 0. The number of anilines is 1. The molecule has 0 bridgehead atoms. The first-order valence-corrected chi connectivity index (χ1v) is 6.99. The number of Topliss-reactive ketones (excluding diaryl/α,β-unsaturated/α-hetero) is 1. The Labute approximate surface area is 124 Å². The Bertz CT molecular complexity index is 582. The summed E-state index contributed by atoms with van der Waals surface area (Å²) in [6.07, 6.45) is 0.936. The minimum Gasteiger partial charge on any atom is -0.508 e. The normalized spacial score (nSPS) is 16.2. The first-order chi connectivity index (χ1) is 9.64. The van der Waals surface area contributed by atoms with Gasteiger partial charge in [0.15, 0.2) is 0 Å². The fraction of sp³-hybridized carbons (Fsp3) is 0.500. The largest absolute Gasteiger partial charge is 0.508 e. The van der Waals surface area contributed by atoms with Crippen molar-refractivity contribution in [1.29, 1.82) is 0 Å². The van der Waals surface area contributed by atoms with Gasteiger partial charge in [0, 0.05) is 17.3 Å². The minimum atomic E-state index is -0.585. The van der Waals surface area contributed by atoms with Gasteiger partial charge in [-0.1, -0.05) is 6.07 Å². The molecule has 0 unspecified atom stereocenters. The number of ether oxygens (including phenoxy) is 1. The number of hydrogen-bond acceptors (Lipinski definition) is 4. The van der Waals surface area contributed by atoms with E-state index in [2.05, 4.69) is 5.32 Å². The van der Waals surface area contributed by atoms with Crippen LogP contribution in [0.2, 0.25) is 0 Å². The molecular weight excluding hydrogens is 270 g/mol. The highest BCUT2D eigenvalue weighted by atomic mass is 16.6. The smallest absolute Gasteiger partial charge is 0.412 e. The fourth-order valence-electron chi connectivity index (χ4n) is 2.37. The standard InChI is InChI=1S/C16H21NO4/c1-10(18)16(7-8-16)12-6-5-11(9-13(12)19)17-14(20)21-15(2,3)4/h5-6,9,19H,7-8H2,1-4H3,(H,17,20). The highest BCUT2D eigenvalue weighted by Gasteiger charge is 2.50. The number of benzene rings is 1. The molecule has 114 valence electrons. The van der Waals surface area contributed by atoms with Crippen LogP contribution in [-0.2, 0) is 14.9 Å². The molecular formula is C16H21NO4. The number of aromatic hydroxyl groups is 1. The molecule has 1 saturated carbocycles. The van der Waals surface area contributed by atoms with Crippen LogP contribution in [0, 0.1) is 0 Å². The summed E-state index contributed by atoms with van der Waals surface area (Å²) in [6, 6.07) is 4.81. The molecule has 1 aromatic rings. The molecule has 2 N–H and O–H groups in total. The number of phenolic OH excluding ortho intramolecular Hbond substituents is 1. The molecule has 0 radical (unpaired) electrons. The number of phenols is 1. The van der Waals surface area contributed by atoms with Gasteiger partial charge in [0.2, 0.25) is 0 Å². The first kappa shape index (κ1) is 15.4. The Kier molecular flexibility index (Phi) is 3.70. The SMILES string of the molecule is CC(=O)C1(c2ccc(NC(=O)OC(C)(C)C)cc2O)CC1. The highest BCUT2D eigenvalue weighted by molar-refractivity contribution is 5.92. The van der Waals surface area contributed by atoms with E-state index < -0.39 is 17.1 Å². The number of nitrogens with one attached hydrogen (secondary N) is 1. The maximum absolute atomic E-state index is 11.7. The molecule has 1 aliphatic carbocycles. The molecule has 5 nitrogen and oxygen atoms in total. The maximum Gasteiger partial charge on any atom is 0.412 e. The van der Waals surface area contributed by atoms with Crippen molar-refractivity contribution in [2.45, 2.75) is 51.6 Å². The highest BCUT2D eigenvalue weighted by Crippen LogP contribution is 2.52. The lowest BCUT2D eigenvalue weighted by Crippen LogP contribution is -2.27. The summed E-state index contributed by atoms with van der Waals surface area (Å²) in [5.74, 6) is 0.0851. The van der Waals surface area contributed by atoms with Crippen molar-refractivity contribution in [3.05, 3.63) is 23.8 Å². The van der Waals surface area contributed by atoms with Gasteiger partial charge in [-0.2, -0.15) is 0 Å². The lowest BCUT2D eigenvalue weighted by Gasteiger charge is -2.20. The summed E-state index contributed by atoms with van der Waals surface area (Å²) in [7, 11) is 0. The van der Waals surface area contributed by atoms with Crippen molar-refractivity contribution < 1.29 is 19.4 Å². The van der Waals surface area contributed by atoms with E-state index in [1.54, 1.807) is 39.8 Å². The topological polar surface area (TPSA) is 75.6 Å². The average Bonchev–Trinajstić information content (AvgIpc) is 3.07. The lowest BCUT2D eigenvalue weighted by atomic mass is 9.91. The minimum absolute atomic E-state index is 0.0243. The summed E-state index contributed by atoms with van der Waals surface area (Å²) in [4.78, 5) is 23.4. The van der Waals surface area contributed by atoms with E-state index in [-0.39, 0.29) is 11.5 Å². The van der Waals surface area contributed by atoms with E-state index in [9.17, 15) is 14.7 Å². The Morgan fingerprint density at radius 1 is 1.29 bits per heavy atom. The van der Waals surface area contributed by atoms with E-state index in [1.807, 2.05) is 0 Å². The molecule has 1 aromatic carbocycles. The van der Waals surface area contributed by atoms with Crippen LogP contribution in [0.25, 0.3) is 0 Å². The maximum atomic E-state index is 11.7. The quantitative estimate of drug-likeness (QED) is 0.895. The van der Waals surface area contributed by atoms with Crippen LogP contribution >= 0.6 is 0 Å². The Morgan fingerprint density at radius 2 is 1.90 bits per heavy atom. The van der Waals surface area contributed by atoms with Crippen molar-refractivity contribution >= 4 is 17.6 Å². The first-order valence-electron chi connectivity index (χ1n) is 6.99. The van der Waals surface area contributed by atoms with Crippen LogP contribution < -0.4 is 5.32 Å². The van der Waals surface area contributed by atoms with Crippen molar-refractivity contribution in [1.82, 2.24) is 0 Å². The lowest BCUT2D eigenvalue weighted by molar-refractivity contribution is -0.119. The van der Waals surface area contributed by atoms with E-state index >= 15 is 0 Å². The molecule has 1 amide bonds. The van der Waals surface area contributed by atoms with Gasteiger partial charge in [-0.3, -0.25) is 10.1 Å². The predicted molar refractivity (Wildman–Crippen MR) is 79.6 cm³/mol. The molecule has 5 heteroatoms. The second-order valence-corrected chi connectivity index (χ2v) is 6.50. The Hall–Kier alpha value is -2.04. The number of hydrogen-bond donors (Lipinski definition) is 2. The summed E-state index contributed by atoms with van der Waals surface area (Å²) in [5, 5.41) is 12.7. The summed E-state index contributed by atoms with van der Waals surface area (Å²) in [6.45, 7) is 6.86. The fourth-order valence-corrected chi connectivity index (χ4v) is 2.37. The van der Waals surface area contributed by atoms with Crippen LogP contribution in [0.4, 0.5) is 10.5 Å². The molecule has 0 aliphatic heterocycles. The second-order valence-electron chi connectivity index (χ2n) is 6.50. The molecule has 0 saturated heterocycles. The van der Waals surface area contributed by atoms with Crippen LogP contribution in [0.15, 0.2) is 18.2 Å². The average molecular weight is 291 g/mol. The third kappa shape index (κ3) is 3.35. The van der Waals surface area contributed by atoms with E-state index in [0.29, 0.717) is 11.3 Å². The zero-order chi connectivity index (χ0) is 15.8. The number of carbonyl (C=O) groups is 2. The molecule has 0 atom stereocenters. The van der Waals surface area contributed by atoms with Crippen LogP contribution in [0.5, 0.6) is 5.75 Å². The molecule has 1 aliphatic rings. The second kappa shape index (κ2) is 5.06. The van der Waals surface area contributed by atoms with Crippen LogP contribution in [0.1, 0.15) is 46.1 Å². The number of rotatable bonds is 3. The molecule has 1 fully saturated rings. The monoisotopic (exact) mass is 291 g/mol. The number of amides is 1. The zero-order valence-corrected chi connectivity index (χ0v) is 12.8. The molecule has 0 spiro atoms. The van der Waals surface area contributed by atoms with Crippen LogP contribution in [-0.4, -0.2) is 22.6 Å². The van der Waals surface area contributed by atoms with Crippen molar-refractivity contribution in [2.24, 2.45) is 0 Å². The zero-order valence-electron chi connectivity index (χ0n) is 12.8.